The van der Waals surface area contributed by atoms with Crippen LogP contribution in [0.25, 0.3) is 0 Å². The number of benzene rings is 1. The van der Waals surface area contributed by atoms with Crippen molar-refractivity contribution in [2.45, 2.75) is 19.4 Å². The number of hydrogen-bond acceptors (Lipinski definition) is 3. The number of carbonyl (C=O) groups excluding carboxylic acids is 1. The van der Waals surface area contributed by atoms with Gasteiger partial charge < -0.3 is 10.5 Å². The van der Waals surface area contributed by atoms with Gasteiger partial charge in [0.15, 0.2) is 0 Å². The molecule has 0 fully saturated rings. The second-order valence-corrected chi connectivity index (χ2v) is 4.09. The minimum atomic E-state index is -0.349. The van der Waals surface area contributed by atoms with Crippen molar-refractivity contribution < 1.29 is 9.53 Å². The van der Waals surface area contributed by atoms with E-state index in [2.05, 4.69) is 6.58 Å². The first kappa shape index (κ1) is 14.2. The van der Waals surface area contributed by atoms with Gasteiger partial charge in [0.25, 0.3) is 0 Å². The summed E-state index contributed by atoms with van der Waals surface area (Å²) in [6.45, 7) is 5.41. The standard InChI is InChI=1S/C15H19NO2/c1-3-9-18-15(17)12(2)10-14(16)11-13-7-5-4-6-8-13/h3-8,10,14H,1,9,11,16H2,2H3/b12-10+/t14-/m1/s1. The molecule has 0 radical (unpaired) electrons. The van der Waals surface area contributed by atoms with Gasteiger partial charge in [-0.15, -0.1) is 0 Å². The lowest BCUT2D eigenvalue weighted by Gasteiger charge is -2.08. The first-order valence-corrected chi connectivity index (χ1v) is 5.89. The summed E-state index contributed by atoms with van der Waals surface area (Å²) < 4.78 is 4.92. The first-order chi connectivity index (χ1) is 8.63. The lowest BCUT2D eigenvalue weighted by molar-refractivity contribution is -0.137. The van der Waals surface area contributed by atoms with E-state index in [1.165, 1.54) is 6.08 Å². The molecule has 18 heavy (non-hydrogen) atoms. The van der Waals surface area contributed by atoms with Crippen molar-refractivity contribution in [3.63, 3.8) is 0 Å². The lowest BCUT2D eigenvalue weighted by atomic mass is 10.0. The predicted octanol–water partition coefficient (Wildman–Crippen LogP) is 2.23. The Morgan fingerprint density at radius 3 is 2.72 bits per heavy atom. The zero-order valence-corrected chi connectivity index (χ0v) is 10.6. The van der Waals surface area contributed by atoms with Gasteiger partial charge in [0.2, 0.25) is 0 Å². The Morgan fingerprint density at radius 2 is 2.11 bits per heavy atom. The molecule has 96 valence electrons. The molecule has 0 spiro atoms. The molecule has 0 heterocycles. The molecule has 0 bridgehead atoms. The molecular weight excluding hydrogens is 226 g/mol. The van der Waals surface area contributed by atoms with Gasteiger partial charge in [0.05, 0.1) is 0 Å². The van der Waals surface area contributed by atoms with Crippen molar-refractivity contribution >= 4 is 5.97 Å². The fourth-order valence-corrected chi connectivity index (χ4v) is 1.58. The van der Waals surface area contributed by atoms with Gasteiger partial charge in [-0.1, -0.05) is 49.1 Å². The normalized spacial score (nSPS) is 12.9. The van der Waals surface area contributed by atoms with Crippen molar-refractivity contribution in [1.82, 2.24) is 0 Å². The maximum atomic E-state index is 11.5. The number of esters is 1. The zero-order chi connectivity index (χ0) is 13.4. The summed E-state index contributed by atoms with van der Waals surface area (Å²) >= 11 is 0. The van der Waals surface area contributed by atoms with Crippen LogP contribution in [0.5, 0.6) is 0 Å². The highest BCUT2D eigenvalue weighted by Crippen LogP contribution is 2.05. The summed E-state index contributed by atoms with van der Waals surface area (Å²) in [5, 5.41) is 0. The van der Waals surface area contributed by atoms with E-state index in [-0.39, 0.29) is 18.6 Å². The topological polar surface area (TPSA) is 52.3 Å². The van der Waals surface area contributed by atoms with E-state index in [1.54, 1.807) is 13.0 Å². The zero-order valence-electron chi connectivity index (χ0n) is 10.6. The van der Waals surface area contributed by atoms with Crippen LogP contribution in [-0.4, -0.2) is 18.6 Å². The van der Waals surface area contributed by atoms with Gasteiger partial charge in [-0.05, 0) is 18.9 Å². The van der Waals surface area contributed by atoms with Crippen LogP contribution < -0.4 is 5.73 Å². The third kappa shape index (κ3) is 4.97. The molecule has 1 rings (SSSR count). The van der Waals surface area contributed by atoms with Crippen LogP contribution in [0.15, 0.2) is 54.6 Å². The fourth-order valence-electron chi connectivity index (χ4n) is 1.58. The first-order valence-electron chi connectivity index (χ1n) is 5.89. The van der Waals surface area contributed by atoms with Crippen LogP contribution in [0.1, 0.15) is 12.5 Å². The molecular formula is C15H19NO2. The Balaban J connectivity index is 2.54. The summed E-state index contributed by atoms with van der Waals surface area (Å²) in [5.41, 5.74) is 7.64. The summed E-state index contributed by atoms with van der Waals surface area (Å²) in [4.78, 5) is 11.5. The number of rotatable bonds is 6. The minimum absolute atomic E-state index is 0.191. The third-order valence-corrected chi connectivity index (χ3v) is 2.43. The summed E-state index contributed by atoms with van der Waals surface area (Å²) in [6.07, 6.45) is 3.97. The lowest BCUT2D eigenvalue weighted by Crippen LogP contribution is -2.21. The average molecular weight is 245 g/mol. The average Bonchev–Trinajstić information content (AvgIpc) is 2.36. The molecule has 1 aromatic carbocycles. The second kappa shape index (κ2) is 7.45. The fraction of sp³-hybridized carbons (Fsp3) is 0.267. The maximum absolute atomic E-state index is 11.5. The van der Waals surface area contributed by atoms with Gasteiger partial charge in [-0.25, -0.2) is 4.79 Å². The van der Waals surface area contributed by atoms with Crippen molar-refractivity contribution in [2.75, 3.05) is 6.61 Å². The highest BCUT2D eigenvalue weighted by atomic mass is 16.5. The largest absolute Gasteiger partial charge is 0.458 e. The molecule has 1 atom stereocenters. The summed E-state index contributed by atoms with van der Waals surface area (Å²) in [5.74, 6) is -0.349. The van der Waals surface area contributed by atoms with Gasteiger partial charge >= 0.3 is 5.97 Å². The van der Waals surface area contributed by atoms with Crippen LogP contribution in [0.2, 0.25) is 0 Å². The molecule has 0 aliphatic heterocycles. The molecule has 1 aromatic rings. The molecule has 3 heteroatoms. The van der Waals surface area contributed by atoms with Crippen LogP contribution in [0.3, 0.4) is 0 Å². The predicted molar refractivity (Wildman–Crippen MR) is 73.0 cm³/mol. The van der Waals surface area contributed by atoms with Crippen LogP contribution in [0, 0.1) is 0 Å². The van der Waals surface area contributed by atoms with E-state index in [9.17, 15) is 4.79 Å². The Morgan fingerprint density at radius 1 is 1.44 bits per heavy atom. The van der Waals surface area contributed by atoms with Crippen molar-refractivity contribution in [3.8, 4) is 0 Å². The quantitative estimate of drug-likeness (QED) is 0.475. The second-order valence-electron chi connectivity index (χ2n) is 4.09. The number of hydrogen-bond donors (Lipinski definition) is 1. The smallest absolute Gasteiger partial charge is 0.333 e. The van der Waals surface area contributed by atoms with E-state index in [0.717, 1.165) is 5.56 Å². The van der Waals surface area contributed by atoms with E-state index >= 15 is 0 Å². The number of carbonyl (C=O) groups is 1. The summed E-state index contributed by atoms with van der Waals surface area (Å²) in [6, 6.07) is 9.73. The molecule has 0 saturated heterocycles. The maximum Gasteiger partial charge on any atom is 0.333 e. The molecule has 0 saturated carbocycles. The monoisotopic (exact) mass is 245 g/mol. The van der Waals surface area contributed by atoms with E-state index in [0.29, 0.717) is 12.0 Å². The molecule has 0 aromatic heterocycles. The minimum Gasteiger partial charge on any atom is -0.458 e. The van der Waals surface area contributed by atoms with Crippen molar-refractivity contribution in [3.05, 3.63) is 60.2 Å². The summed E-state index contributed by atoms with van der Waals surface area (Å²) in [7, 11) is 0. The third-order valence-electron chi connectivity index (χ3n) is 2.43. The van der Waals surface area contributed by atoms with Gasteiger partial charge in [-0.2, -0.15) is 0 Å². The Kier molecular flexibility index (Phi) is 5.88. The van der Waals surface area contributed by atoms with Crippen LogP contribution in [0.4, 0.5) is 0 Å². The molecule has 3 nitrogen and oxygen atoms in total. The highest BCUT2D eigenvalue weighted by molar-refractivity contribution is 5.87. The molecule has 0 unspecified atom stereocenters. The SMILES string of the molecule is C=CCOC(=O)/C(C)=C/[C@@H](N)Cc1ccccc1. The molecule has 0 aliphatic rings. The molecule has 2 N–H and O–H groups in total. The van der Waals surface area contributed by atoms with Gasteiger partial charge in [0.1, 0.15) is 6.61 Å². The van der Waals surface area contributed by atoms with Gasteiger partial charge in [0, 0.05) is 11.6 Å². The molecule has 0 aliphatic carbocycles. The Hall–Kier alpha value is -1.87. The van der Waals surface area contributed by atoms with Crippen LogP contribution in [-0.2, 0) is 16.0 Å². The van der Waals surface area contributed by atoms with E-state index in [1.807, 2.05) is 30.3 Å². The van der Waals surface area contributed by atoms with Gasteiger partial charge in [-0.3, -0.25) is 0 Å². The van der Waals surface area contributed by atoms with E-state index in [4.69, 9.17) is 10.5 Å². The highest BCUT2D eigenvalue weighted by Gasteiger charge is 2.07. The van der Waals surface area contributed by atoms with Crippen LogP contribution >= 0.6 is 0 Å². The Bertz CT molecular complexity index is 423. The van der Waals surface area contributed by atoms with Crippen molar-refractivity contribution in [1.29, 1.82) is 0 Å². The molecule has 0 amide bonds. The van der Waals surface area contributed by atoms with E-state index < -0.39 is 0 Å². The Labute approximate surface area is 108 Å². The van der Waals surface area contributed by atoms with Crippen molar-refractivity contribution in [2.24, 2.45) is 5.73 Å². The number of nitrogens with two attached hydrogens (primary N) is 1. The number of ether oxygens (including phenoxy) is 1.